The topological polar surface area (TPSA) is 136 Å². The van der Waals surface area contributed by atoms with E-state index in [1.807, 2.05) is 0 Å². The fraction of sp³-hybridized carbons (Fsp3) is 0.294. The van der Waals surface area contributed by atoms with Gasteiger partial charge in [-0.3, -0.25) is 14.4 Å². The molecule has 4 N–H and O–H groups in total. The van der Waals surface area contributed by atoms with E-state index in [2.05, 4.69) is 15.3 Å². The Labute approximate surface area is 158 Å². The van der Waals surface area contributed by atoms with Gasteiger partial charge in [0.15, 0.2) is 23.3 Å². The zero-order valence-corrected chi connectivity index (χ0v) is 15.5. The second kappa shape index (κ2) is 7.70. The van der Waals surface area contributed by atoms with E-state index in [9.17, 15) is 14.4 Å². The van der Waals surface area contributed by atoms with Crippen LogP contribution in [0.1, 0.15) is 23.5 Å². The molecule has 3 rings (SSSR count). The third kappa shape index (κ3) is 3.90. The second-order valence-corrected chi connectivity index (χ2v) is 6.60. The summed E-state index contributed by atoms with van der Waals surface area (Å²) in [6.07, 6.45) is 1.88. The number of nitrogens with one attached hydrogen (secondary N) is 2. The predicted molar refractivity (Wildman–Crippen MR) is 99.4 cm³/mol. The standard InChI is InChI=1S/C17H18N4O5S/c1-25-11-5-8(3-4-10(11)26-7-12(18)22)9-6-13(23)19-15-14(9)16(24)21-17(20-15)27-2/h3-5,9H,6-7H2,1-2H3,(H2,18,22)(H2,19,20,21,23,24)/t9-/m1/s1. The van der Waals surface area contributed by atoms with Crippen molar-refractivity contribution in [3.05, 3.63) is 39.7 Å². The summed E-state index contributed by atoms with van der Waals surface area (Å²) >= 11 is 1.28. The fourth-order valence-corrected chi connectivity index (χ4v) is 3.28. The molecule has 0 radical (unpaired) electrons. The van der Waals surface area contributed by atoms with E-state index in [1.54, 1.807) is 24.5 Å². The van der Waals surface area contributed by atoms with Crippen LogP contribution in [0.15, 0.2) is 28.2 Å². The predicted octanol–water partition coefficient (Wildman–Crippen LogP) is 0.839. The summed E-state index contributed by atoms with van der Waals surface area (Å²) in [7, 11) is 1.46. The largest absolute Gasteiger partial charge is 0.493 e. The molecule has 142 valence electrons. The zero-order chi connectivity index (χ0) is 19.6. The minimum Gasteiger partial charge on any atom is -0.493 e. The van der Waals surface area contributed by atoms with Crippen LogP contribution >= 0.6 is 11.8 Å². The van der Waals surface area contributed by atoms with Crippen LogP contribution in [-0.4, -0.2) is 41.8 Å². The molecule has 1 aromatic heterocycles. The van der Waals surface area contributed by atoms with Crippen LogP contribution in [0.4, 0.5) is 5.82 Å². The number of amides is 2. The second-order valence-electron chi connectivity index (χ2n) is 5.81. The Morgan fingerprint density at radius 3 is 2.81 bits per heavy atom. The summed E-state index contributed by atoms with van der Waals surface area (Å²) in [4.78, 5) is 42.6. The van der Waals surface area contributed by atoms with Crippen molar-refractivity contribution >= 4 is 29.4 Å². The number of H-pyrrole nitrogens is 1. The lowest BCUT2D eigenvalue weighted by atomic mass is 9.86. The molecule has 0 unspecified atom stereocenters. The van der Waals surface area contributed by atoms with Crippen LogP contribution in [0.3, 0.4) is 0 Å². The molecule has 10 heteroatoms. The first-order chi connectivity index (χ1) is 12.9. The fourth-order valence-electron chi connectivity index (χ4n) is 2.90. The monoisotopic (exact) mass is 390 g/mol. The number of benzene rings is 1. The number of hydrogen-bond acceptors (Lipinski definition) is 7. The summed E-state index contributed by atoms with van der Waals surface area (Å²) in [6, 6.07) is 5.00. The summed E-state index contributed by atoms with van der Waals surface area (Å²) in [6.45, 7) is -0.286. The maximum atomic E-state index is 12.6. The van der Waals surface area contributed by atoms with Gasteiger partial charge in [0.2, 0.25) is 5.91 Å². The van der Waals surface area contributed by atoms with E-state index < -0.39 is 11.8 Å². The number of aromatic amines is 1. The molecule has 0 bridgehead atoms. The van der Waals surface area contributed by atoms with Gasteiger partial charge in [0.25, 0.3) is 11.5 Å². The highest BCUT2D eigenvalue weighted by Crippen LogP contribution is 2.38. The number of thioether (sulfide) groups is 1. The van der Waals surface area contributed by atoms with Gasteiger partial charge >= 0.3 is 0 Å². The van der Waals surface area contributed by atoms with Crippen molar-refractivity contribution in [3.8, 4) is 11.5 Å². The molecule has 0 saturated carbocycles. The van der Waals surface area contributed by atoms with Gasteiger partial charge in [-0.25, -0.2) is 4.98 Å². The molecule has 2 aromatic rings. The average molecular weight is 390 g/mol. The van der Waals surface area contributed by atoms with Crippen molar-refractivity contribution in [1.82, 2.24) is 9.97 Å². The molecule has 2 heterocycles. The first-order valence-corrected chi connectivity index (χ1v) is 9.22. The zero-order valence-electron chi connectivity index (χ0n) is 14.7. The number of hydrogen-bond donors (Lipinski definition) is 3. The Hall–Kier alpha value is -3.01. The number of carbonyl (C=O) groups excluding carboxylic acids is 2. The Kier molecular flexibility index (Phi) is 5.36. The third-order valence-electron chi connectivity index (χ3n) is 4.08. The quantitative estimate of drug-likeness (QED) is 0.491. The Morgan fingerprint density at radius 2 is 2.15 bits per heavy atom. The van der Waals surface area contributed by atoms with E-state index in [0.717, 1.165) is 0 Å². The maximum absolute atomic E-state index is 12.6. The molecular formula is C17H18N4O5S. The molecule has 0 fully saturated rings. The molecule has 27 heavy (non-hydrogen) atoms. The van der Waals surface area contributed by atoms with Crippen LogP contribution in [0.25, 0.3) is 0 Å². The lowest BCUT2D eigenvalue weighted by Gasteiger charge is -2.25. The number of carbonyl (C=O) groups is 2. The molecule has 2 amide bonds. The minimum absolute atomic E-state index is 0.0982. The van der Waals surface area contributed by atoms with Gasteiger partial charge in [-0.1, -0.05) is 17.8 Å². The lowest BCUT2D eigenvalue weighted by Crippen LogP contribution is -2.31. The number of anilines is 1. The number of primary amides is 1. The summed E-state index contributed by atoms with van der Waals surface area (Å²) in [5.41, 5.74) is 5.87. The normalized spacial score (nSPS) is 15.6. The van der Waals surface area contributed by atoms with Crippen LogP contribution in [-0.2, 0) is 9.59 Å². The molecule has 1 atom stereocenters. The molecular weight excluding hydrogens is 372 g/mol. The number of fused-ring (bicyclic) bond motifs is 1. The first kappa shape index (κ1) is 18.8. The van der Waals surface area contributed by atoms with Crippen molar-refractivity contribution < 1.29 is 19.1 Å². The van der Waals surface area contributed by atoms with Gasteiger partial charge in [0.05, 0.1) is 12.7 Å². The van der Waals surface area contributed by atoms with Crippen LogP contribution < -0.4 is 26.1 Å². The molecule has 1 aromatic carbocycles. The molecule has 1 aliphatic heterocycles. The van der Waals surface area contributed by atoms with Crippen LogP contribution in [0, 0.1) is 0 Å². The SMILES string of the molecule is COc1cc([C@H]2CC(=O)Nc3nc(SC)[nH]c(=O)c32)ccc1OCC(N)=O. The molecule has 0 saturated heterocycles. The van der Waals surface area contributed by atoms with E-state index in [1.165, 1.54) is 18.9 Å². The van der Waals surface area contributed by atoms with Crippen LogP contribution in [0.5, 0.6) is 11.5 Å². The first-order valence-electron chi connectivity index (χ1n) is 8.00. The van der Waals surface area contributed by atoms with E-state index in [4.69, 9.17) is 15.2 Å². The van der Waals surface area contributed by atoms with Gasteiger partial charge in [-0.2, -0.15) is 0 Å². The smallest absolute Gasteiger partial charge is 0.257 e. The number of aromatic nitrogens is 2. The third-order valence-corrected chi connectivity index (χ3v) is 4.66. The summed E-state index contributed by atoms with van der Waals surface area (Å²) in [5.74, 6) is -0.360. The Morgan fingerprint density at radius 1 is 1.37 bits per heavy atom. The summed E-state index contributed by atoms with van der Waals surface area (Å²) < 4.78 is 10.6. The van der Waals surface area contributed by atoms with Gasteiger partial charge in [0, 0.05) is 12.3 Å². The summed E-state index contributed by atoms with van der Waals surface area (Å²) in [5, 5.41) is 3.08. The van der Waals surface area contributed by atoms with Gasteiger partial charge in [0.1, 0.15) is 5.82 Å². The highest BCUT2D eigenvalue weighted by atomic mass is 32.2. The maximum Gasteiger partial charge on any atom is 0.257 e. The molecule has 1 aliphatic rings. The van der Waals surface area contributed by atoms with Crippen molar-refractivity contribution in [1.29, 1.82) is 0 Å². The van der Waals surface area contributed by atoms with Crippen molar-refractivity contribution in [2.75, 3.05) is 25.3 Å². The molecule has 0 aliphatic carbocycles. The van der Waals surface area contributed by atoms with E-state index in [0.29, 0.717) is 27.8 Å². The number of methoxy groups -OCH3 is 1. The van der Waals surface area contributed by atoms with Gasteiger partial charge < -0.3 is 25.5 Å². The lowest BCUT2D eigenvalue weighted by molar-refractivity contribution is -0.120. The van der Waals surface area contributed by atoms with Crippen molar-refractivity contribution in [2.24, 2.45) is 5.73 Å². The Bertz CT molecular complexity index is 959. The number of rotatable bonds is 6. The number of ether oxygens (including phenoxy) is 2. The van der Waals surface area contributed by atoms with Gasteiger partial charge in [-0.15, -0.1) is 0 Å². The average Bonchev–Trinajstić information content (AvgIpc) is 2.64. The molecule has 0 spiro atoms. The van der Waals surface area contributed by atoms with Crippen molar-refractivity contribution in [3.63, 3.8) is 0 Å². The minimum atomic E-state index is -0.610. The van der Waals surface area contributed by atoms with Crippen LogP contribution in [0.2, 0.25) is 0 Å². The highest BCUT2D eigenvalue weighted by molar-refractivity contribution is 7.98. The highest BCUT2D eigenvalue weighted by Gasteiger charge is 2.31. The van der Waals surface area contributed by atoms with E-state index in [-0.39, 0.29) is 30.3 Å². The number of nitrogens with zero attached hydrogens (tertiary/aromatic N) is 1. The van der Waals surface area contributed by atoms with Gasteiger partial charge in [-0.05, 0) is 24.0 Å². The van der Waals surface area contributed by atoms with Crippen molar-refractivity contribution in [2.45, 2.75) is 17.5 Å². The van der Waals surface area contributed by atoms with E-state index >= 15 is 0 Å². The molecule has 9 nitrogen and oxygen atoms in total. The Balaban J connectivity index is 2.03. The number of nitrogens with two attached hydrogens (primary N) is 1.